The van der Waals surface area contributed by atoms with Crippen molar-refractivity contribution in [3.05, 3.63) is 71.5 Å². The highest BCUT2D eigenvalue weighted by atomic mass is 32.2. The van der Waals surface area contributed by atoms with Gasteiger partial charge in [-0.25, -0.2) is 8.42 Å². The molecule has 0 bridgehead atoms. The Kier molecular flexibility index (Phi) is 5.49. The Labute approximate surface area is 192 Å². The number of piperidine rings is 1. The quantitative estimate of drug-likeness (QED) is 0.635. The lowest BCUT2D eigenvalue weighted by Gasteiger charge is -2.33. The van der Waals surface area contributed by atoms with Crippen molar-refractivity contribution >= 4 is 32.5 Å². The van der Waals surface area contributed by atoms with Gasteiger partial charge in [-0.3, -0.25) is 9.78 Å². The first kappa shape index (κ1) is 21.4. The summed E-state index contributed by atoms with van der Waals surface area (Å²) >= 11 is 0. The number of likely N-dealkylation sites (tertiary alicyclic amines) is 1. The largest absolute Gasteiger partial charge is 0.492 e. The fraction of sp³-hybridized carbons (Fsp3) is 0.292. The maximum atomic E-state index is 13.3. The predicted octanol–water partition coefficient (Wildman–Crippen LogP) is 2.71. The number of carbonyl (C=O) groups is 1. The fourth-order valence-corrected chi connectivity index (χ4v) is 5.65. The molecule has 2 aliphatic rings. The van der Waals surface area contributed by atoms with Gasteiger partial charge in [0, 0.05) is 30.6 Å². The summed E-state index contributed by atoms with van der Waals surface area (Å²) in [7, 11) is -3.60. The smallest absolute Gasteiger partial charge is 0.273 e. The van der Waals surface area contributed by atoms with E-state index in [1.165, 1.54) is 0 Å². The second kappa shape index (κ2) is 8.47. The summed E-state index contributed by atoms with van der Waals surface area (Å²) in [6, 6.07) is 14.9. The van der Waals surface area contributed by atoms with Crippen LogP contribution in [0.4, 0.5) is 0 Å². The second-order valence-electron chi connectivity index (χ2n) is 8.44. The number of sulfonamides is 1. The highest BCUT2D eigenvalue weighted by molar-refractivity contribution is 7.89. The Bertz CT molecular complexity index is 1360. The Morgan fingerprint density at radius 2 is 2.00 bits per heavy atom. The molecule has 170 valence electrons. The van der Waals surface area contributed by atoms with Crippen molar-refractivity contribution < 1.29 is 17.9 Å². The third-order valence-electron chi connectivity index (χ3n) is 6.10. The molecule has 3 heterocycles. The van der Waals surface area contributed by atoms with Crippen molar-refractivity contribution in [3.8, 4) is 5.75 Å². The van der Waals surface area contributed by atoms with Crippen LogP contribution in [0.15, 0.2) is 59.1 Å². The molecule has 2 aliphatic heterocycles. The molecule has 0 unspecified atom stereocenters. The van der Waals surface area contributed by atoms with Crippen LogP contribution in [0.1, 0.15) is 34.5 Å². The number of rotatable bonds is 4. The van der Waals surface area contributed by atoms with Gasteiger partial charge in [0.15, 0.2) is 0 Å². The summed E-state index contributed by atoms with van der Waals surface area (Å²) in [6.45, 7) is 1.64. The van der Waals surface area contributed by atoms with Gasteiger partial charge < -0.3 is 15.4 Å². The number of hydrogen-bond acceptors (Lipinski definition) is 6. The van der Waals surface area contributed by atoms with Gasteiger partial charge in [-0.05, 0) is 35.9 Å². The third-order valence-corrected chi connectivity index (χ3v) is 7.25. The van der Waals surface area contributed by atoms with Crippen molar-refractivity contribution in [1.29, 1.82) is 0 Å². The zero-order valence-corrected chi connectivity index (χ0v) is 18.8. The van der Waals surface area contributed by atoms with E-state index in [1.807, 2.05) is 35.2 Å². The lowest BCUT2D eigenvalue weighted by atomic mass is 9.98. The molecule has 9 heteroatoms. The molecule has 5 rings (SSSR count). The molecular weight excluding hydrogens is 440 g/mol. The average molecular weight is 465 g/mol. The van der Waals surface area contributed by atoms with Gasteiger partial charge in [0.05, 0.1) is 17.9 Å². The molecule has 0 saturated carbocycles. The third kappa shape index (κ3) is 4.28. The summed E-state index contributed by atoms with van der Waals surface area (Å²) in [5.41, 5.74) is 7.53. The number of aromatic nitrogens is 1. The van der Waals surface area contributed by atoms with E-state index in [0.717, 1.165) is 23.6 Å². The second-order valence-corrected chi connectivity index (χ2v) is 10.1. The SMILES string of the molecule is NC1=NS(=O)(=O)Cc2cccc(OC[C@H]3CCCN(C(=O)c4nccc5ccccc45)C3)c21. The number of amidine groups is 1. The zero-order valence-electron chi connectivity index (χ0n) is 18.0. The van der Waals surface area contributed by atoms with Crippen LogP contribution in [-0.2, 0) is 15.8 Å². The molecule has 3 aromatic rings. The molecule has 2 aromatic carbocycles. The van der Waals surface area contributed by atoms with Crippen molar-refractivity contribution in [2.24, 2.45) is 16.0 Å². The molecule has 0 spiro atoms. The standard InChI is InChI=1S/C24H24N4O4S/c25-23-21-18(15-33(30,31)27-23)7-3-9-20(21)32-14-16-5-4-12-28(13-16)24(29)22-19-8-2-1-6-17(19)10-11-26-22/h1-3,6-11,16H,4-5,12-15H2,(H2,25,27)/t16-/m0/s1. The van der Waals surface area contributed by atoms with Gasteiger partial charge in [-0.15, -0.1) is 4.40 Å². The molecule has 1 aromatic heterocycles. The van der Waals surface area contributed by atoms with Gasteiger partial charge in [-0.1, -0.05) is 36.4 Å². The van der Waals surface area contributed by atoms with Gasteiger partial charge >= 0.3 is 0 Å². The molecule has 1 amide bonds. The number of fused-ring (bicyclic) bond motifs is 2. The zero-order chi connectivity index (χ0) is 23.0. The summed E-state index contributed by atoms with van der Waals surface area (Å²) in [4.78, 5) is 19.5. The van der Waals surface area contributed by atoms with E-state index in [0.29, 0.717) is 42.3 Å². The van der Waals surface area contributed by atoms with Gasteiger partial charge in [-0.2, -0.15) is 0 Å². The van der Waals surface area contributed by atoms with Gasteiger partial charge in [0.25, 0.3) is 15.9 Å². The maximum Gasteiger partial charge on any atom is 0.273 e. The van der Waals surface area contributed by atoms with E-state index < -0.39 is 10.0 Å². The molecule has 33 heavy (non-hydrogen) atoms. The molecule has 2 N–H and O–H groups in total. The Morgan fingerprint density at radius 3 is 2.88 bits per heavy atom. The molecule has 8 nitrogen and oxygen atoms in total. The number of nitrogens with two attached hydrogens (primary N) is 1. The molecule has 0 aliphatic carbocycles. The van der Waals surface area contributed by atoms with E-state index in [1.54, 1.807) is 24.4 Å². The van der Waals surface area contributed by atoms with Crippen molar-refractivity contribution in [3.63, 3.8) is 0 Å². The minimum Gasteiger partial charge on any atom is -0.492 e. The first-order valence-corrected chi connectivity index (χ1v) is 12.5. The first-order chi connectivity index (χ1) is 15.9. The lowest BCUT2D eigenvalue weighted by molar-refractivity contribution is 0.0629. The van der Waals surface area contributed by atoms with E-state index in [4.69, 9.17) is 10.5 Å². The average Bonchev–Trinajstić information content (AvgIpc) is 2.81. The number of carbonyl (C=O) groups excluding carboxylic acids is 1. The van der Waals surface area contributed by atoms with Crippen molar-refractivity contribution in [2.75, 3.05) is 19.7 Å². The van der Waals surface area contributed by atoms with E-state index in [2.05, 4.69) is 9.38 Å². The number of nitrogens with zero attached hydrogens (tertiary/aromatic N) is 3. The molecule has 1 saturated heterocycles. The predicted molar refractivity (Wildman–Crippen MR) is 126 cm³/mol. The van der Waals surface area contributed by atoms with E-state index >= 15 is 0 Å². The Hall–Kier alpha value is -3.46. The topological polar surface area (TPSA) is 115 Å². The first-order valence-electron chi connectivity index (χ1n) is 10.9. The lowest BCUT2D eigenvalue weighted by Crippen LogP contribution is -2.42. The van der Waals surface area contributed by atoms with Crippen LogP contribution in [0.25, 0.3) is 10.8 Å². The van der Waals surface area contributed by atoms with Crippen LogP contribution < -0.4 is 10.5 Å². The Morgan fingerprint density at radius 1 is 1.15 bits per heavy atom. The van der Waals surface area contributed by atoms with Crippen LogP contribution in [0, 0.1) is 5.92 Å². The molecular formula is C24H24N4O4S. The van der Waals surface area contributed by atoms with E-state index in [9.17, 15) is 13.2 Å². The highest BCUT2D eigenvalue weighted by Gasteiger charge is 2.28. The van der Waals surface area contributed by atoms with Crippen molar-refractivity contribution in [1.82, 2.24) is 9.88 Å². The molecule has 1 atom stereocenters. The monoisotopic (exact) mass is 464 g/mol. The molecule has 1 fully saturated rings. The van der Waals surface area contributed by atoms with E-state index in [-0.39, 0.29) is 23.4 Å². The van der Waals surface area contributed by atoms with Crippen LogP contribution in [0.2, 0.25) is 0 Å². The number of pyridine rings is 1. The molecule has 0 radical (unpaired) electrons. The maximum absolute atomic E-state index is 13.3. The number of ether oxygens (including phenoxy) is 1. The van der Waals surface area contributed by atoms with Gasteiger partial charge in [0.2, 0.25) is 0 Å². The van der Waals surface area contributed by atoms with Crippen LogP contribution in [0.5, 0.6) is 5.75 Å². The normalized spacial score (nSPS) is 19.6. The summed E-state index contributed by atoms with van der Waals surface area (Å²) in [5.74, 6) is 0.343. The Balaban J connectivity index is 1.31. The summed E-state index contributed by atoms with van der Waals surface area (Å²) in [6.07, 6.45) is 3.48. The minimum atomic E-state index is -3.60. The number of amides is 1. The minimum absolute atomic E-state index is 0.0469. The van der Waals surface area contributed by atoms with Crippen molar-refractivity contribution in [2.45, 2.75) is 18.6 Å². The summed E-state index contributed by atoms with van der Waals surface area (Å²) in [5, 5.41) is 1.84. The highest BCUT2D eigenvalue weighted by Crippen LogP contribution is 2.29. The van der Waals surface area contributed by atoms with Crippen LogP contribution in [-0.4, -0.2) is 49.7 Å². The van der Waals surface area contributed by atoms with Gasteiger partial charge in [0.1, 0.15) is 17.3 Å². The number of benzene rings is 2. The number of hydrogen-bond donors (Lipinski definition) is 1. The van der Waals surface area contributed by atoms with Crippen LogP contribution >= 0.6 is 0 Å². The van der Waals surface area contributed by atoms with Crippen LogP contribution in [0.3, 0.4) is 0 Å². The summed E-state index contributed by atoms with van der Waals surface area (Å²) < 4.78 is 33.5. The fourth-order valence-electron chi connectivity index (χ4n) is 4.57.